The van der Waals surface area contributed by atoms with Crippen molar-refractivity contribution in [1.29, 1.82) is 0 Å². The molecule has 1 N–H and O–H groups in total. The standard InChI is InChI=1S/C17H16FN3O2S2/c1-21(25(2,22)23)15-9-3-12(4-10-15)16-11-24-17(20-16)19-14-7-5-13(18)6-8-14/h3-11H,1-2H3,(H,19,20). The fraction of sp³-hybridized carbons (Fsp3) is 0.118. The Kier molecular flexibility index (Phi) is 4.73. The molecule has 3 rings (SSSR count). The molecule has 0 amide bonds. The van der Waals surface area contributed by atoms with Crippen molar-refractivity contribution in [3.05, 3.63) is 59.7 Å². The Balaban J connectivity index is 1.77. The summed E-state index contributed by atoms with van der Waals surface area (Å²) in [5.74, 6) is -0.287. The lowest BCUT2D eigenvalue weighted by atomic mass is 10.1. The lowest BCUT2D eigenvalue weighted by Crippen LogP contribution is -2.24. The molecule has 0 fully saturated rings. The lowest BCUT2D eigenvalue weighted by Gasteiger charge is -2.16. The van der Waals surface area contributed by atoms with Gasteiger partial charge in [0, 0.05) is 23.7 Å². The highest BCUT2D eigenvalue weighted by atomic mass is 32.2. The monoisotopic (exact) mass is 377 g/mol. The van der Waals surface area contributed by atoms with Gasteiger partial charge < -0.3 is 5.32 Å². The number of hydrogen-bond acceptors (Lipinski definition) is 5. The zero-order valence-corrected chi connectivity index (χ0v) is 15.2. The maximum Gasteiger partial charge on any atom is 0.231 e. The van der Waals surface area contributed by atoms with Gasteiger partial charge in [0.05, 0.1) is 17.6 Å². The van der Waals surface area contributed by atoms with E-state index < -0.39 is 10.0 Å². The van der Waals surface area contributed by atoms with E-state index in [9.17, 15) is 12.8 Å². The summed E-state index contributed by atoms with van der Waals surface area (Å²) >= 11 is 1.44. The molecule has 0 saturated heterocycles. The SMILES string of the molecule is CN(c1ccc(-c2csc(Nc3ccc(F)cc3)n2)cc1)S(C)(=O)=O. The van der Waals surface area contributed by atoms with Crippen LogP contribution >= 0.6 is 11.3 Å². The smallest absolute Gasteiger partial charge is 0.231 e. The molecule has 0 atom stereocenters. The molecule has 1 aromatic heterocycles. The number of thiazole rings is 1. The van der Waals surface area contributed by atoms with Crippen LogP contribution in [-0.4, -0.2) is 26.7 Å². The van der Waals surface area contributed by atoms with E-state index in [1.807, 2.05) is 17.5 Å². The molecule has 0 radical (unpaired) electrons. The van der Waals surface area contributed by atoms with Gasteiger partial charge in [0.2, 0.25) is 10.0 Å². The average molecular weight is 377 g/mol. The second-order valence-corrected chi connectivity index (χ2v) is 8.32. The molecule has 0 aliphatic heterocycles. The number of sulfonamides is 1. The first-order valence-electron chi connectivity index (χ1n) is 7.35. The zero-order chi connectivity index (χ0) is 18.0. The molecule has 130 valence electrons. The number of anilines is 3. The van der Waals surface area contributed by atoms with Gasteiger partial charge >= 0.3 is 0 Å². The summed E-state index contributed by atoms with van der Waals surface area (Å²) < 4.78 is 37.3. The maximum atomic E-state index is 12.9. The Bertz CT molecular complexity index is 968. The summed E-state index contributed by atoms with van der Waals surface area (Å²) in [5, 5.41) is 5.72. The molecule has 0 aliphatic carbocycles. The van der Waals surface area contributed by atoms with Crippen LogP contribution in [0, 0.1) is 5.82 Å². The van der Waals surface area contributed by atoms with Gasteiger partial charge in [-0.2, -0.15) is 0 Å². The van der Waals surface area contributed by atoms with E-state index in [1.165, 1.54) is 34.8 Å². The van der Waals surface area contributed by atoms with E-state index in [0.29, 0.717) is 10.8 Å². The van der Waals surface area contributed by atoms with Crippen LogP contribution in [0.25, 0.3) is 11.3 Å². The van der Waals surface area contributed by atoms with Crippen molar-refractivity contribution in [3.8, 4) is 11.3 Å². The molecular formula is C17H16FN3O2S2. The topological polar surface area (TPSA) is 62.3 Å². The Labute approximate surface area is 149 Å². The van der Waals surface area contributed by atoms with Gasteiger partial charge in [0.1, 0.15) is 5.82 Å². The molecule has 2 aromatic carbocycles. The molecule has 1 heterocycles. The zero-order valence-electron chi connectivity index (χ0n) is 13.6. The Hall–Kier alpha value is -2.45. The second kappa shape index (κ2) is 6.81. The first-order valence-corrected chi connectivity index (χ1v) is 10.1. The van der Waals surface area contributed by atoms with Gasteiger partial charge in [0.15, 0.2) is 5.13 Å². The van der Waals surface area contributed by atoms with E-state index in [4.69, 9.17) is 0 Å². The number of hydrogen-bond donors (Lipinski definition) is 1. The van der Waals surface area contributed by atoms with Gasteiger partial charge in [-0.1, -0.05) is 12.1 Å². The van der Waals surface area contributed by atoms with E-state index in [-0.39, 0.29) is 5.82 Å². The van der Waals surface area contributed by atoms with Gasteiger partial charge in [0.25, 0.3) is 0 Å². The summed E-state index contributed by atoms with van der Waals surface area (Å²) in [7, 11) is -1.77. The predicted molar refractivity (Wildman–Crippen MR) is 100 cm³/mol. The van der Waals surface area contributed by atoms with Crippen molar-refractivity contribution in [1.82, 2.24) is 4.98 Å². The van der Waals surface area contributed by atoms with Crippen molar-refractivity contribution >= 4 is 37.9 Å². The fourth-order valence-electron chi connectivity index (χ4n) is 2.15. The van der Waals surface area contributed by atoms with Gasteiger partial charge in [-0.3, -0.25) is 4.31 Å². The number of nitrogens with zero attached hydrogens (tertiary/aromatic N) is 2. The Morgan fingerprint density at radius 3 is 2.32 bits per heavy atom. The van der Waals surface area contributed by atoms with Crippen LogP contribution < -0.4 is 9.62 Å². The minimum atomic E-state index is -3.28. The summed E-state index contributed by atoms with van der Waals surface area (Å²) in [4.78, 5) is 4.50. The Morgan fingerprint density at radius 1 is 1.08 bits per heavy atom. The second-order valence-electron chi connectivity index (χ2n) is 5.45. The number of rotatable bonds is 5. The van der Waals surface area contributed by atoms with Crippen molar-refractivity contribution in [2.24, 2.45) is 0 Å². The summed E-state index contributed by atoms with van der Waals surface area (Å²) in [5.41, 5.74) is 3.01. The predicted octanol–water partition coefficient (Wildman–Crippen LogP) is 4.09. The largest absolute Gasteiger partial charge is 0.332 e. The first kappa shape index (κ1) is 17.4. The molecule has 8 heteroatoms. The molecule has 0 saturated carbocycles. The molecule has 0 unspecified atom stereocenters. The molecule has 0 aliphatic rings. The number of nitrogens with one attached hydrogen (secondary N) is 1. The third kappa shape index (κ3) is 4.15. The Morgan fingerprint density at radius 2 is 1.72 bits per heavy atom. The van der Waals surface area contributed by atoms with Crippen LogP contribution in [0.5, 0.6) is 0 Å². The minimum absolute atomic E-state index is 0.287. The number of aromatic nitrogens is 1. The maximum absolute atomic E-state index is 12.9. The minimum Gasteiger partial charge on any atom is -0.332 e. The van der Waals surface area contributed by atoms with Gasteiger partial charge in [-0.15, -0.1) is 11.3 Å². The van der Waals surface area contributed by atoms with E-state index in [2.05, 4.69) is 10.3 Å². The molecular weight excluding hydrogens is 361 g/mol. The number of halogens is 1. The van der Waals surface area contributed by atoms with Crippen LogP contribution in [0.1, 0.15) is 0 Å². The van der Waals surface area contributed by atoms with Gasteiger partial charge in [-0.25, -0.2) is 17.8 Å². The van der Waals surface area contributed by atoms with Crippen molar-refractivity contribution in [3.63, 3.8) is 0 Å². The molecule has 5 nitrogen and oxygen atoms in total. The summed E-state index contributed by atoms with van der Waals surface area (Å²) in [6.45, 7) is 0. The van der Waals surface area contributed by atoms with Gasteiger partial charge in [-0.05, 0) is 36.4 Å². The molecule has 3 aromatic rings. The van der Waals surface area contributed by atoms with E-state index in [1.54, 1.807) is 24.3 Å². The highest BCUT2D eigenvalue weighted by molar-refractivity contribution is 7.92. The lowest BCUT2D eigenvalue weighted by molar-refractivity contribution is 0.600. The first-order chi connectivity index (χ1) is 11.8. The van der Waals surface area contributed by atoms with Crippen molar-refractivity contribution < 1.29 is 12.8 Å². The summed E-state index contributed by atoms with van der Waals surface area (Å²) in [6, 6.07) is 13.2. The number of benzene rings is 2. The quantitative estimate of drug-likeness (QED) is 0.727. The normalized spacial score (nSPS) is 11.3. The van der Waals surface area contributed by atoms with Crippen LogP contribution in [-0.2, 0) is 10.0 Å². The van der Waals surface area contributed by atoms with Crippen LogP contribution in [0.15, 0.2) is 53.9 Å². The highest BCUT2D eigenvalue weighted by Crippen LogP contribution is 2.28. The average Bonchev–Trinajstić information content (AvgIpc) is 3.04. The van der Waals surface area contributed by atoms with Crippen LogP contribution in [0.2, 0.25) is 0 Å². The molecule has 0 bridgehead atoms. The third-order valence-corrected chi connectivity index (χ3v) is 5.59. The third-order valence-electron chi connectivity index (χ3n) is 3.62. The fourth-order valence-corrected chi connectivity index (χ4v) is 3.40. The van der Waals surface area contributed by atoms with Crippen molar-refractivity contribution in [2.75, 3.05) is 22.9 Å². The van der Waals surface area contributed by atoms with E-state index >= 15 is 0 Å². The van der Waals surface area contributed by atoms with Crippen LogP contribution in [0.3, 0.4) is 0 Å². The molecule has 25 heavy (non-hydrogen) atoms. The van der Waals surface area contributed by atoms with Crippen LogP contribution in [0.4, 0.5) is 20.9 Å². The van der Waals surface area contributed by atoms with Crippen molar-refractivity contribution in [2.45, 2.75) is 0 Å². The summed E-state index contributed by atoms with van der Waals surface area (Å²) in [6.07, 6.45) is 1.16. The molecule has 0 spiro atoms. The van der Waals surface area contributed by atoms with E-state index in [0.717, 1.165) is 23.2 Å². The highest BCUT2D eigenvalue weighted by Gasteiger charge is 2.12.